The standard InChI is InChI=1S/C17H25N3O3/c1-17(2,3)23-16(22)19-14-7-9-20(10-8-14)15(21)12-5-4-6-13(18)11-12/h4-6,11,14H,7-10,18H2,1-3H3,(H,19,22). The van der Waals surface area contributed by atoms with E-state index in [4.69, 9.17) is 10.5 Å². The van der Waals surface area contributed by atoms with Crippen LogP contribution < -0.4 is 11.1 Å². The van der Waals surface area contributed by atoms with Crippen LogP contribution in [0.4, 0.5) is 10.5 Å². The molecule has 6 nitrogen and oxygen atoms in total. The van der Waals surface area contributed by atoms with Crippen LogP contribution >= 0.6 is 0 Å². The van der Waals surface area contributed by atoms with Gasteiger partial charge < -0.3 is 20.7 Å². The lowest BCUT2D eigenvalue weighted by Gasteiger charge is -2.33. The highest BCUT2D eigenvalue weighted by atomic mass is 16.6. The minimum Gasteiger partial charge on any atom is -0.444 e. The molecule has 6 heteroatoms. The number of nitrogen functional groups attached to an aromatic ring is 1. The molecule has 0 aromatic heterocycles. The molecule has 1 heterocycles. The van der Waals surface area contributed by atoms with Crippen molar-refractivity contribution in [1.29, 1.82) is 0 Å². The number of ether oxygens (including phenoxy) is 1. The number of nitrogens with zero attached hydrogens (tertiary/aromatic N) is 1. The molecule has 3 N–H and O–H groups in total. The molecule has 1 aromatic carbocycles. The maximum atomic E-state index is 12.4. The molecule has 0 bridgehead atoms. The molecule has 1 aliphatic rings. The van der Waals surface area contributed by atoms with Gasteiger partial charge in [-0.3, -0.25) is 4.79 Å². The second-order valence-electron chi connectivity index (χ2n) is 6.84. The quantitative estimate of drug-likeness (QED) is 0.820. The lowest BCUT2D eigenvalue weighted by molar-refractivity contribution is 0.0473. The maximum absolute atomic E-state index is 12.4. The van der Waals surface area contributed by atoms with E-state index in [0.29, 0.717) is 37.2 Å². The Morgan fingerprint density at radius 3 is 2.48 bits per heavy atom. The van der Waals surface area contributed by atoms with Gasteiger partial charge in [-0.15, -0.1) is 0 Å². The number of hydrogen-bond acceptors (Lipinski definition) is 4. The number of alkyl carbamates (subject to hydrolysis) is 1. The maximum Gasteiger partial charge on any atom is 0.407 e. The van der Waals surface area contributed by atoms with E-state index in [9.17, 15) is 9.59 Å². The minimum absolute atomic E-state index is 0.0204. The topological polar surface area (TPSA) is 84.7 Å². The number of nitrogens with one attached hydrogen (secondary N) is 1. The Morgan fingerprint density at radius 1 is 1.26 bits per heavy atom. The van der Waals surface area contributed by atoms with Gasteiger partial charge in [0.1, 0.15) is 5.60 Å². The first-order valence-corrected chi connectivity index (χ1v) is 7.89. The van der Waals surface area contributed by atoms with E-state index < -0.39 is 11.7 Å². The third kappa shape index (κ3) is 5.16. The Labute approximate surface area is 137 Å². The molecule has 1 saturated heterocycles. The van der Waals surface area contributed by atoms with E-state index in [1.54, 1.807) is 29.2 Å². The summed E-state index contributed by atoms with van der Waals surface area (Å²) >= 11 is 0. The summed E-state index contributed by atoms with van der Waals surface area (Å²) in [4.78, 5) is 26.0. The minimum atomic E-state index is -0.506. The highest BCUT2D eigenvalue weighted by Crippen LogP contribution is 2.16. The smallest absolute Gasteiger partial charge is 0.407 e. The molecule has 0 spiro atoms. The van der Waals surface area contributed by atoms with Gasteiger partial charge in [-0.25, -0.2) is 4.79 Å². The summed E-state index contributed by atoms with van der Waals surface area (Å²) in [5.41, 5.74) is 6.40. The number of likely N-dealkylation sites (tertiary alicyclic amines) is 1. The number of nitrogens with two attached hydrogens (primary N) is 1. The second kappa shape index (κ2) is 6.89. The van der Waals surface area contributed by atoms with Crippen molar-refractivity contribution < 1.29 is 14.3 Å². The van der Waals surface area contributed by atoms with E-state index in [2.05, 4.69) is 5.32 Å². The van der Waals surface area contributed by atoms with Gasteiger partial charge in [0.25, 0.3) is 5.91 Å². The summed E-state index contributed by atoms with van der Waals surface area (Å²) in [6, 6.07) is 7.03. The van der Waals surface area contributed by atoms with Gasteiger partial charge in [0, 0.05) is 30.4 Å². The van der Waals surface area contributed by atoms with Crippen LogP contribution in [-0.4, -0.2) is 41.6 Å². The summed E-state index contributed by atoms with van der Waals surface area (Å²) in [6.07, 6.45) is 1.03. The number of piperidine rings is 1. The van der Waals surface area contributed by atoms with Gasteiger partial charge in [-0.1, -0.05) is 6.07 Å². The number of amides is 2. The zero-order valence-electron chi connectivity index (χ0n) is 14.0. The molecule has 0 aliphatic carbocycles. The zero-order valence-corrected chi connectivity index (χ0v) is 14.0. The number of hydrogen-bond donors (Lipinski definition) is 2. The van der Waals surface area contributed by atoms with E-state index in [0.717, 1.165) is 0 Å². The van der Waals surface area contributed by atoms with Crippen LogP contribution in [0.25, 0.3) is 0 Å². The second-order valence-corrected chi connectivity index (χ2v) is 6.84. The van der Waals surface area contributed by atoms with E-state index in [1.165, 1.54) is 0 Å². The molecular weight excluding hydrogens is 294 g/mol. The van der Waals surface area contributed by atoms with Crippen LogP contribution in [0.2, 0.25) is 0 Å². The number of carbonyl (C=O) groups is 2. The fourth-order valence-electron chi connectivity index (χ4n) is 2.56. The summed E-state index contributed by atoms with van der Waals surface area (Å²) in [6.45, 7) is 6.71. The van der Waals surface area contributed by atoms with E-state index >= 15 is 0 Å². The van der Waals surface area contributed by atoms with Gasteiger partial charge in [-0.2, -0.15) is 0 Å². The van der Waals surface area contributed by atoms with Gasteiger partial charge in [0.05, 0.1) is 0 Å². The molecule has 0 unspecified atom stereocenters. The molecule has 23 heavy (non-hydrogen) atoms. The molecule has 1 aliphatic heterocycles. The first kappa shape index (κ1) is 17.1. The average Bonchev–Trinajstić information content (AvgIpc) is 2.45. The van der Waals surface area contributed by atoms with Crippen molar-refractivity contribution in [2.45, 2.75) is 45.3 Å². The number of rotatable bonds is 2. The third-order valence-corrected chi connectivity index (χ3v) is 3.64. The van der Waals surface area contributed by atoms with Gasteiger partial charge in [0.2, 0.25) is 0 Å². The van der Waals surface area contributed by atoms with Crippen LogP contribution in [0, 0.1) is 0 Å². The molecule has 1 fully saturated rings. The normalized spacial score (nSPS) is 16.0. The highest BCUT2D eigenvalue weighted by Gasteiger charge is 2.26. The Kier molecular flexibility index (Phi) is 5.13. The number of anilines is 1. The Hall–Kier alpha value is -2.24. The molecule has 0 atom stereocenters. The van der Waals surface area contributed by atoms with Crippen molar-refractivity contribution >= 4 is 17.7 Å². The molecule has 1 aromatic rings. The van der Waals surface area contributed by atoms with E-state index in [1.807, 2.05) is 20.8 Å². The van der Waals surface area contributed by atoms with Gasteiger partial charge >= 0.3 is 6.09 Å². The Bertz CT molecular complexity index is 573. The van der Waals surface area contributed by atoms with Crippen molar-refractivity contribution in [3.8, 4) is 0 Å². The summed E-state index contributed by atoms with van der Waals surface area (Å²) in [5, 5.41) is 2.86. The lowest BCUT2D eigenvalue weighted by atomic mass is 10.0. The fourth-order valence-corrected chi connectivity index (χ4v) is 2.56. The van der Waals surface area contributed by atoms with Crippen molar-refractivity contribution in [3.63, 3.8) is 0 Å². The van der Waals surface area contributed by atoms with Crippen molar-refractivity contribution in [1.82, 2.24) is 10.2 Å². The monoisotopic (exact) mass is 319 g/mol. The Balaban J connectivity index is 1.84. The Morgan fingerprint density at radius 2 is 1.91 bits per heavy atom. The van der Waals surface area contributed by atoms with Crippen molar-refractivity contribution in [2.24, 2.45) is 0 Å². The van der Waals surface area contributed by atoms with Crippen molar-refractivity contribution in [2.75, 3.05) is 18.8 Å². The number of benzene rings is 1. The predicted molar refractivity (Wildman–Crippen MR) is 89.1 cm³/mol. The molecule has 0 saturated carbocycles. The average molecular weight is 319 g/mol. The first-order chi connectivity index (χ1) is 10.7. The lowest BCUT2D eigenvalue weighted by Crippen LogP contribution is -2.47. The van der Waals surface area contributed by atoms with Crippen LogP contribution in [-0.2, 0) is 4.74 Å². The first-order valence-electron chi connectivity index (χ1n) is 7.89. The molecule has 2 rings (SSSR count). The van der Waals surface area contributed by atoms with Crippen molar-refractivity contribution in [3.05, 3.63) is 29.8 Å². The van der Waals surface area contributed by atoms with Gasteiger partial charge in [-0.05, 0) is 51.8 Å². The fraction of sp³-hybridized carbons (Fsp3) is 0.529. The molecule has 126 valence electrons. The van der Waals surface area contributed by atoms with Gasteiger partial charge in [0.15, 0.2) is 0 Å². The summed E-state index contributed by atoms with van der Waals surface area (Å²) in [5.74, 6) is -0.0204. The molecule has 2 amide bonds. The van der Waals surface area contributed by atoms with E-state index in [-0.39, 0.29) is 11.9 Å². The summed E-state index contributed by atoms with van der Waals surface area (Å²) in [7, 11) is 0. The highest BCUT2D eigenvalue weighted by molar-refractivity contribution is 5.95. The van der Waals surface area contributed by atoms with Crippen LogP contribution in [0.3, 0.4) is 0 Å². The third-order valence-electron chi connectivity index (χ3n) is 3.64. The van der Waals surface area contributed by atoms with Crippen LogP contribution in [0.5, 0.6) is 0 Å². The van der Waals surface area contributed by atoms with Crippen LogP contribution in [0.15, 0.2) is 24.3 Å². The largest absolute Gasteiger partial charge is 0.444 e. The number of carbonyl (C=O) groups excluding carboxylic acids is 2. The molecular formula is C17H25N3O3. The van der Waals surface area contributed by atoms with Crippen LogP contribution in [0.1, 0.15) is 44.0 Å². The zero-order chi connectivity index (χ0) is 17.0. The molecule has 0 radical (unpaired) electrons. The SMILES string of the molecule is CC(C)(C)OC(=O)NC1CCN(C(=O)c2cccc(N)c2)CC1. The predicted octanol–water partition coefficient (Wildman–Crippen LogP) is 2.40. The summed E-state index contributed by atoms with van der Waals surface area (Å²) < 4.78 is 5.25.